The molecule has 5 heteroatoms. The van der Waals surface area contributed by atoms with E-state index < -0.39 is 7.60 Å². The average molecular weight is 362 g/mol. The molecule has 0 saturated carbocycles. The number of rotatable bonds is 10. The fourth-order valence-corrected chi connectivity index (χ4v) is 4.58. The van der Waals surface area contributed by atoms with E-state index in [-0.39, 0.29) is 5.92 Å². The highest BCUT2D eigenvalue weighted by atomic mass is 31.2. The Morgan fingerprint density at radius 2 is 1.64 bits per heavy atom. The van der Waals surface area contributed by atoms with Crippen molar-refractivity contribution in [2.24, 2.45) is 0 Å². The molecule has 0 aliphatic rings. The number of hydrogen-bond donors (Lipinski definition) is 0. The van der Waals surface area contributed by atoms with E-state index in [0.717, 1.165) is 16.9 Å². The molecule has 0 heterocycles. The second-order valence-electron chi connectivity index (χ2n) is 5.88. The molecule has 1 atom stereocenters. The lowest BCUT2D eigenvalue weighted by atomic mass is 10.0. The third-order valence-electron chi connectivity index (χ3n) is 3.82. The lowest BCUT2D eigenvalue weighted by molar-refractivity contribution is 0.219. The Bertz CT molecular complexity index is 677. The maximum atomic E-state index is 12.7. The lowest BCUT2D eigenvalue weighted by Crippen LogP contribution is -2.07. The van der Waals surface area contributed by atoms with Gasteiger partial charge in [-0.3, -0.25) is 4.57 Å². The first kappa shape index (κ1) is 19.7. The molecule has 136 valence electrons. The van der Waals surface area contributed by atoms with Gasteiger partial charge in [0.2, 0.25) is 0 Å². The Hall–Kier alpha value is -1.61. The first-order valence-corrected chi connectivity index (χ1v) is 10.4. The van der Waals surface area contributed by atoms with Crippen LogP contribution in [0.5, 0.6) is 5.75 Å². The molecule has 0 aromatic heterocycles. The molecule has 1 unspecified atom stereocenters. The average Bonchev–Trinajstić information content (AvgIpc) is 2.61. The molecule has 0 bridgehead atoms. The van der Waals surface area contributed by atoms with Crippen molar-refractivity contribution in [3.8, 4) is 5.75 Å². The fraction of sp³-hybridized carbons (Fsp3) is 0.400. The molecule has 2 aromatic carbocycles. The molecule has 2 aromatic rings. The third kappa shape index (κ3) is 6.32. The van der Waals surface area contributed by atoms with E-state index in [9.17, 15) is 4.57 Å². The molecular formula is C20H27O4P. The van der Waals surface area contributed by atoms with Gasteiger partial charge in [-0.05, 0) is 43.0 Å². The van der Waals surface area contributed by atoms with Gasteiger partial charge in [-0.2, -0.15) is 0 Å². The molecule has 0 saturated heterocycles. The molecule has 0 N–H and O–H groups in total. The maximum absolute atomic E-state index is 12.7. The summed E-state index contributed by atoms with van der Waals surface area (Å²) in [5, 5.41) is 0. The minimum Gasteiger partial charge on any atom is -0.489 e. The summed E-state index contributed by atoms with van der Waals surface area (Å²) in [6.45, 7) is 6.97. The number of ether oxygens (including phenoxy) is 1. The molecule has 0 aliphatic heterocycles. The van der Waals surface area contributed by atoms with Crippen LogP contribution in [0.2, 0.25) is 0 Å². The standard InChI is InChI=1S/C20H27O4P/c1-4-23-25(21,24-5-2)16-17(3)19-12-9-13-20(14-19)22-15-18-10-7-6-8-11-18/h6-14,17H,4-5,15-16H2,1-3H3. The summed E-state index contributed by atoms with van der Waals surface area (Å²) in [5.41, 5.74) is 2.18. The molecule has 0 aliphatic carbocycles. The van der Waals surface area contributed by atoms with E-state index in [1.165, 1.54) is 0 Å². The Morgan fingerprint density at radius 3 is 2.28 bits per heavy atom. The van der Waals surface area contributed by atoms with E-state index in [2.05, 4.69) is 0 Å². The van der Waals surface area contributed by atoms with Gasteiger partial charge in [0.05, 0.1) is 19.4 Å². The molecule has 0 spiro atoms. The molecule has 2 rings (SSSR count). The molecular weight excluding hydrogens is 335 g/mol. The summed E-state index contributed by atoms with van der Waals surface area (Å²) in [7, 11) is -3.06. The minimum atomic E-state index is -3.06. The lowest BCUT2D eigenvalue weighted by Gasteiger charge is -2.21. The highest BCUT2D eigenvalue weighted by molar-refractivity contribution is 7.53. The van der Waals surface area contributed by atoms with Crippen molar-refractivity contribution < 1.29 is 18.3 Å². The van der Waals surface area contributed by atoms with E-state index >= 15 is 0 Å². The van der Waals surface area contributed by atoms with Crippen molar-refractivity contribution >= 4 is 7.60 Å². The highest BCUT2D eigenvalue weighted by Gasteiger charge is 2.27. The smallest absolute Gasteiger partial charge is 0.331 e. The minimum absolute atomic E-state index is 0.0456. The summed E-state index contributed by atoms with van der Waals surface area (Å²) < 4.78 is 29.4. The van der Waals surface area contributed by atoms with E-state index in [0.29, 0.717) is 26.0 Å². The van der Waals surface area contributed by atoms with Crippen LogP contribution in [0.15, 0.2) is 54.6 Å². The molecule has 25 heavy (non-hydrogen) atoms. The van der Waals surface area contributed by atoms with Crippen molar-refractivity contribution in [2.75, 3.05) is 19.4 Å². The maximum Gasteiger partial charge on any atom is 0.331 e. The summed E-state index contributed by atoms with van der Waals surface area (Å²) in [6, 6.07) is 18.0. The van der Waals surface area contributed by atoms with Gasteiger partial charge in [0.1, 0.15) is 12.4 Å². The van der Waals surface area contributed by atoms with Crippen LogP contribution < -0.4 is 4.74 Å². The second-order valence-corrected chi connectivity index (χ2v) is 7.98. The van der Waals surface area contributed by atoms with Crippen molar-refractivity contribution in [3.05, 3.63) is 65.7 Å². The van der Waals surface area contributed by atoms with E-state index in [4.69, 9.17) is 13.8 Å². The fourth-order valence-electron chi connectivity index (χ4n) is 2.63. The zero-order chi connectivity index (χ0) is 18.1. The topological polar surface area (TPSA) is 44.8 Å². The monoisotopic (exact) mass is 362 g/mol. The van der Waals surface area contributed by atoms with Crippen LogP contribution in [-0.2, 0) is 20.2 Å². The zero-order valence-electron chi connectivity index (χ0n) is 15.2. The van der Waals surface area contributed by atoms with Crippen LogP contribution in [0.1, 0.15) is 37.8 Å². The molecule has 0 fully saturated rings. The predicted molar refractivity (Wildman–Crippen MR) is 101 cm³/mol. The van der Waals surface area contributed by atoms with Crippen molar-refractivity contribution in [3.63, 3.8) is 0 Å². The summed E-state index contributed by atoms with van der Waals surface area (Å²) in [5.74, 6) is 0.847. The van der Waals surface area contributed by atoms with Gasteiger partial charge in [0.15, 0.2) is 0 Å². The normalized spacial score (nSPS) is 12.8. The third-order valence-corrected chi connectivity index (χ3v) is 6.12. The van der Waals surface area contributed by atoms with Crippen molar-refractivity contribution in [1.29, 1.82) is 0 Å². The van der Waals surface area contributed by atoms with Gasteiger partial charge in [-0.25, -0.2) is 0 Å². The Balaban J connectivity index is 2.02. The SMILES string of the molecule is CCOP(=O)(CC(C)c1cccc(OCc2ccccc2)c1)OCC. The van der Waals surface area contributed by atoms with Crippen LogP contribution >= 0.6 is 7.60 Å². The summed E-state index contributed by atoms with van der Waals surface area (Å²) in [4.78, 5) is 0. The summed E-state index contributed by atoms with van der Waals surface area (Å²) in [6.07, 6.45) is 0.358. The quantitative estimate of drug-likeness (QED) is 0.514. The van der Waals surface area contributed by atoms with Crippen LogP contribution in [-0.4, -0.2) is 19.4 Å². The Morgan fingerprint density at radius 1 is 0.960 bits per heavy atom. The first-order valence-electron chi connectivity index (χ1n) is 8.71. The summed E-state index contributed by atoms with van der Waals surface area (Å²) >= 11 is 0. The van der Waals surface area contributed by atoms with Gasteiger partial charge in [-0.15, -0.1) is 0 Å². The Labute approximate surface area is 150 Å². The first-order chi connectivity index (χ1) is 12.1. The van der Waals surface area contributed by atoms with Gasteiger partial charge < -0.3 is 13.8 Å². The van der Waals surface area contributed by atoms with Crippen LogP contribution in [0.3, 0.4) is 0 Å². The second kappa shape index (κ2) is 9.76. The van der Waals surface area contributed by atoms with Crippen LogP contribution in [0.25, 0.3) is 0 Å². The molecule has 0 amide bonds. The molecule has 0 radical (unpaired) electrons. The van der Waals surface area contributed by atoms with E-state index in [1.807, 2.05) is 75.4 Å². The van der Waals surface area contributed by atoms with Crippen LogP contribution in [0, 0.1) is 0 Å². The van der Waals surface area contributed by atoms with Crippen molar-refractivity contribution in [2.45, 2.75) is 33.3 Å². The largest absolute Gasteiger partial charge is 0.489 e. The predicted octanol–water partition coefficient (Wildman–Crippen LogP) is 5.64. The van der Waals surface area contributed by atoms with Crippen LogP contribution in [0.4, 0.5) is 0 Å². The van der Waals surface area contributed by atoms with Gasteiger partial charge >= 0.3 is 7.60 Å². The Kier molecular flexibility index (Phi) is 7.70. The van der Waals surface area contributed by atoms with Gasteiger partial charge in [0, 0.05) is 0 Å². The number of hydrogen-bond acceptors (Lipinski definition) is 4. The number of benzene rings is 2. The van der Waals surface area contributed by atoms with Gasteiger partial charge in [-0.1, -0.05) is 49.4 Å². The van der Waals surface area contributed by atoms with E-state index in [1.54, 1.807) is 0 Å². The van der Waals surface area contributed by atoms with Crippen molar-refractivity contribution in [1.82, 2.24) is 0 Å². The highest BCUT2D eigenvalue weighted by Crippen LogP contribution is 2.51. The van der Waals surface area contributed by atoms with Gasteiger partial charge in [0.25, 0.3) is 0 Å². The molecule has 4 nitrogen and oxygen atoms in total. The zero-order valence-corrected chi connectivity index (χ0v) is 16.1.